The first-order valence-electron chi connectivity index (χ1n) is 3.92. The molecule has 0 aromatic heterocycles. The first-order valence-corrected chi connectivity index (χ1v) is 3.92. The van der Waals surface area contributed by atoms with Gasteiger partial charge in [-0.2, -0.15) is 0 Å². The predicted molar refractivity (Wildman–Crippen MR) is 44.0 cm³/mol. The Kier molecular flexibility index (Phi) is 3.58. The maximum atomic E-state index is 11.2. The van der Waals surface area contributed by atoms with E-state index in [9.17, 15) is 4.79 Å². The van der Waals surface area contributed by atoms with Crippen LogP contribution in [-0.4, -0.2) is 37.2 Å². The van der Waals surface area contributed by atoms with E-state index in [1.54, 1.807) is 0 Å². The number of amides is 1. The third-order valence-electron chi connectivity index (χ3n) is 1.53. The maximum absolute atomic E-state index is 11.2. The molecule has 66 valence electrons. The molecule has 0 atom stereocenters. The highest BCUT2D eigenvalue weighted by molar-refractivity contribution is 5.77. The Morgan fingerprint density at radius 1 is 1.75 bits per heavy atom. The Morgan fingerprint density at radius 2 is 2.58 bits per heavy atom. The molecule has 0 unspecified atom stereocenters. The number of hydroxylamine groups is 2. The molecule has 1 saturated heterocycles. The third kappa shape index (κ3) is 2.53. The van der Waals surface area contributed by atoms with E-state index in [-0.39, 0.29) is 12.5 Å². The number of carbonyl (C=O) groups excluding carboxylic acids is 1. The van der Waals surface area contributed by atoms with Crippen LogP contribution in [0.15, 0.2) is 0 Å². The van der Waals surface area contributed by atoms with Gasteiger partial charge in [-0.15, -0.1) is 6.42 Å². The average molecular weight is 168 g/mol. The predicted octanol–water partition coefficient (Wildman–Crippen LogP) is -0.627. The van der Waals surface area contributed by atoms with Gasteiger partial charge in [0.25, 0.3) is 5.91 Å². The summed E-state index contributed by atoms with van der Waals surface area (Å²) in [6.45, 7) is 2.00. The van der Waals surface area contributed by atoms with Crippen molar-refractivity contribution in [1.29, 1.82) is 0 Å². The van der Waals surface area contributed by atoms with Gasteiger partial charge in [0.05, 0.1) is 26.2 Å². The Morgan fingerprint density at radius 3 is 3.17 bits per heavy atom. The number of hydrogen-bond acceptors (Lipinski definition) is 3. The Bertz CT molecular complexity index is 192. The van der Waals surface area contributed by atoms with Gasteiger partial charge in [-0.3, -0.25) is 14.9 Å². The van der Waals surface area contributed by atoms with Crippen LogP contribution in [0.5, 0.6) is 0 Å². The molecule has 1 fully saturated rings. The smallest absolute Gasteiger partial charge is 0.260 e. The van der Waals surface area contributed by atoms with Crippen LogP contribution in [0.25, 0.3) is 0 Å². The molecule has 1 heterocycles. The van der Waals surface area contributed by atoms with Crippen LogP contribution in [0.4, 0.5) is 0 Å². The van der Waals surface area contributed by atoms with Crippen molar-refractivity contribution in [3.05, 3.63) is 0 Å². The minimum absolute atomic E-state index is 0.0530. The molecular formula is C8H12N2O2. The van der Waals surface area contributed by atoms with Gasteiger partial charge in [-0.25, -0.2) is 5.06 Å². The summed E-state index contributed by atoms with van der Waals surface area (Å²) in [4.78, 5) is 16.2. The number of hydrogen-bond donors (Lipinski definition) is 1. The van der Waals surface area contributed by atoms with Crippen molar-refractivity contribution in [2.45, 2.75) is 6.42 Å². The van der Waals surface area contributed by atoms with Gasteiger partial charge < -0.3 is 0 Å². The van der Waals surface area contributed by atoms with Crippen LogP contribution >= 0.6 is 0 Å². The van der Waals surface area contributed by atoms with E-state index in [1.165, 1.54) is 5.06 Å². The van der Waals surface area contributed by atoms with Crippen LogP contribution < -0.4 is 5.32 Å². The van der Waals surface area contributed by atoms with Gasteiger partial charge in [0.15, 0.2) is 0 Å². The lowest BCUT2D eigenvalue weighted by atomic mass is 10.4. The van der Waals surface area contributed by atoms with E-state index >= 15 is 0 Å². The second-order valence-electron chi connectivity index (χ2n) is 2.49. The average Bonchev–Trinajstić information content (AvgIpc) is 2.56. The molecule has 0 radical (unpaired) electrons. The lowest BCUT2D eigenvalue weighted by Crippen LogP contribution is -2.35. The van der Waals surface area contributed by atoms with Gasteiger partial charge in [0.2, 0.25) is 0 Å². The summed E-state index contributed by atoms with van der Waals surface area (Å²) in [6.07, 6.45) is 5.92. The summed E-state index contributed by atoms with van der Waals surface area (Å²) < 4.78 is 0. The second-order valence-corrected chi connectivity index (χ2v) is 2.49. The number of nitrogens with one attached hydrogen (secondary N) is 1. The van der Waals surface area contributed by atoms with Crippen molar-refractivity contribution in [2.75, 3.05) is 26.2 Å². The highest BCUT2D eigenvalue weighted by Gasteiger charge is 2.17. The minimum atomic E-state index is -0.0530. The summed E-state index contributed by atoms with van der Waals surface area (Å²) in [5.41, 5.74) is 0. The van der Waals surface area contributed by atoms with E-state index in [0.717, 1.165) is 6.42 Å². The van der Waals surface area contributed by atoms with E-state index in [0.29, 0.717) is 19.7 Å². The van der Waals surface area contributed by atoms with Crippen molar-refractivity contribution >= 4 is 5.91 Å². The molecule has 1 N–H and O–H groups in total. The molecular weight excluding hydrogens is 156 g/mol. The van der Waals surface area contributed by atoms with Crippen molar-refractivity contribution in [3.8, 4) is 12.3 Å². The summed E-state index contributed by atoms with van der Waals surface area (Å²) in [7, 11) is 0. The fourth-order valence-corrected chi connectivity index (χ4v) is 0.974. The molecule has 4 heteroatoms. The molecule has 0 bridgehead atoms. The van der Waals surface area contributed by atoms with Gasteiger partial charge in [-0.1, -0.05) is 5.92 Å². The zero-order valence-electron chi connectivity index (χ0n) is 6.88. The van der Waals surface area contributed by atoms with Crippen LogP contribution in [0, 0.1) is 12.3 Å². The summed E-state index contributed by atoms with van der Waals surface area (Å²) in [5, 5.41) is 4.18. The van der Waals surface area contributed by atoms with E-state index in [4.69, 9.17) is 11.3 Å². The Hall–Kier alpha value is -1.05. The van der Waals surface area contributed by atoms with Crippen LogP contribution in [0.3, 0.4) is 0 Å². The Balaban J connectivity index is 2.15. The minimum Gasteiger partial charge on any atom is -0.298 e. The maximum Gasteiger partial charge on any atom is 0.260 e. The van der Waals surface area contributed by atoms with Crippen LogP contribution in [0.2, 0.25) is 0 Å². The molecule has 4 nitrogen and oxygen atoms in total. The first-order chi connectivity index (χ1) is 5.84. The van der Waals surface area contributed by atoms with E-state index in [1.807, 2.05) is 0 Å². The molecule has 1 rings (SSSR count). The molecule has 0 spiro atoms. The van der Waals surface area contributed by atoms with Crippen molar-refractivity contribution in [3.63, 3.8) is 0 Å². The standard InChI is InChI=1S/C8H12N2O2/c1-2-4-9-7-8(11)10-5-3-6-12-10/h1,9H,3-7H2. The number of rotatable bonds is 3. The van der Waals surface area contributed by atoms with E-state index < -0.39 is 0 Å². The largest absolute Gasteiger partial charge is 0.298 e. The molecule has 1 aliphatic rings. The molecule has 0 aliphatic carbocycles. The first kappa shape index (κ1) is 9.04. The monoisotopic (exact) mass is 168 g/mol. The van der Waals surface area contributed by atoms with Gasteiger partial charge in [0, 0.05) is 0 Å². The topological polar surface area (TPSA) is 41.6 Å². The van der Waals surface area contributed by atoms with Crippen LogP contribution in [0.1, 0.15) is 6.42 Å². The normalized spacial score (nSPS) is 16.1. The zero-order valence-corrected chi connectivity index (χ0v) is 6.88. The Labute approximate surface area is 71.8 Å². The molecule has 0 aromatic rings. The van der Waals surface area contributed by atoms with Gasteiger partial charge in [0.1, 0.15) is 0 Å². The quantitative estimate of drug-likeness (QED) is 0.451. The second kappa shape index (κ2) is 4.75. The highest BCUT2D eigenvalue weighted by atomic mass is 16.7. The fourth-order valence-electron chi connectivity index (χ4n) is 0.974. The highest BCUT2D eigenvalue weighted by Crippen LogP contribution is 2.03. The fraction of sp³-hybridized carbons (Fsp3) is 0.625. The molecule has 0 aromatic carbocycles. The summed E-state index contributed by atoms with van der Waals surface area (Å²) in [5.74, 6) is 2.34. The number of terminal acetylenes is 1. The van der Waals surface area contributed by atoms with Crippen molar-refractivity contribution in [1.82, 2.24) is 10.4 Å². The molecule has 1 aliphatic heterocycles. The number of carbonyl (C=O) groups is 1. The molecule has 12 heavy (non-hydrogen) atoms. The van der Waals surface area contributed by atoms with E-state index in [2.05, 4.69) is 11.2 Å². The third-order valence-corrected chi connectivity index (χ3v) is 1.53. The zero-order chi connectivity index (χ0) is 8.81. The molecule has 0 saturated carbocycles. The number of nitrogens with zero attached hydrogens (tertiary/aromatic N) is 1. The van der Waals surface area contributed by atoms with Crippen LogP contribution in [-0.2, 0) is 9.63 Å². The van der Waals surface area contributed by atoms with Crippen molar-refractivity contribution < 1.29 is 9.63 Å². The lowest BCUT2D eigenvalue weighted by molar-refractivity contribution is -0.167. The summed E-state index contributed by atoms with van der Waals surface area (Å²) >= 11 is 0. The summed E-state index contributed by atoms with van der Waals surface area (Å²) in [6, 6.07) is 0. The van der Waals surface area contributed by atoms with Gasteiger partial charge >= 0.3 is 0 Å². The molecule has 1 amide bonds. The lowest BCUT2D eigenvalue weighted by Gasteiger charge is -2.13. The van der Waals surface area contributed by atoms with Gasteiger partial charge in [-0.05, 0) is 6.42 Å². The van der Waals surface area contributed by atoms with Crippen molar-refractivity contribution in [2.24, 2.45) is 0 Å². The SMILES string of the molecule is C#CCNCC(=O)N1CCCO1.